The van der Waals surface area contributed by atoms with Crippen molar-refractivity contribution < 1.29 is 36.3 Å². The third-order valence-corrected chi connectivity index (χ3v) is 5.78. The summed E-state index contributed by atoms with van der Waals surface area (Å²) in [6, 6.07) is 7.33. The maximum atomic E-state index is 14.5. The molecule has 2 aromatic rings. The van der Waals surface area contributed by atoms with Crippen molar-refractivity contribution in [2.45, 2.75) is 57.8 Å². The number of ether oxygens (including phenoxy) is 2. The van der Waals surface area contributed by atoms with Gasteiger partial charge in [-0.1, -0.05) is 18.2 Å². The van der Waals surface area contributed by atoms with Gasteiger partial charge in [0.05, 0.1) is 6.61 Å². The van der Waals surface area contributed by atoms with Crippen molar-refractivity contribution in [3.63, 3.8) is 0 Å². The molecule has 2 atom stereocenters. The average molecular weight is 472 g/mol. The van der Waals surface area contributed by atoms with Crippen LogP contribution in [0.25, 0.3) is 11.1 Å². The molecule has 10 heteroatoms. The first-order valence-electron chi connectivity index (χ1n) is 10.3. The summed E-state index contributed by atoms with van der Waals surface area (Å²) in [5.74, 6) is -1.45. The Morgan fingerprint density at radius 2 is 1.94 bits per heavy atom. The fourth-order valence-corrected chi connectivity index (χ4v) is 4.60. The van der Waals surface area contributed by atoms with Gasteiger partial charge < -0.3 is 13.9 Å². The van der Waals surface area contributed by atoms with Gasteiger partial charge in [0.15, 0.2) is 20.1 Å². The lowest BCUT2D eigenvalue weighted by atomic mass is 9.92. The minimum Gasteiger partial charge on any atom is -0.471 e. The van der Waals surface area contributed by atoms with E-state index in [1.165, 1.54) is 24.3 Å². The lowest BCUT2D eigenvalue weighted by Crippen LogP contribution is -2.51. The topological polar surface area (TPSA) is 57.7 Å². The molecule has 0 amide bonds. The Hall–Kier alpha value is -2.46. The maximum Gasteiger partial charge on any atom is 0.417 e. The molecule has 0 bridgehead atoms. The molecule has 0 aliphatic carbocycles. The molecule has 1 aliphatic rings. The highest BCUT2D eigenvalue weighted by Crippen LogP contribution is 2.40. The molecule has 3 rings (SSSR count). The summed E-state index contributed by atoms with van der Waals surface area (Å²) in [6.07, 6.45) is -7.96. The largest absolute Gasteiger partial charge is 0.471 e. The molecule has 0 N–H and O–H groups in total. The molecule has 1 aromatic carbocycles. The lowest BCUT2D eigenvalue weighted by Gasteiger charge is -2.36. The zero-order valence-electron chi connectivity index (χ0n) is 18.3. The van der Waals surface area contributed by atoms with Gasteiger partial charge in [-0.3, -0.25) is 0 Å². The average Bonchev–Trinajstić information content (AvgIpc) is 2.70. The van der Waals surface area contributed by atoms with Gasteiger partial charge >= 0.3 is 12.1 Å². The number of alkyl halides is 3. The van der Waals surface area contributed by atoms with E-state index < -0.39 is 38.5 Å². The molecule has 0 saturated heterocycles. The molecule has 0 fully saturated rings. The van der Waals surface area contributed by atoms with Gasteiger partial charge in [0, 0.05) is 11.1 Å². The highest BCUT2D eigenvalue weighted by molar-refractivity contribution is 6.69. The standard InChI is InChI=1S/C22H25F4NO4Si/c1-5-29-21(28)17-12-15(13-8-6-7-9-16(13)23)14-10-11-18(30-20(14)27-17)19(22(24,25)26)31-32(2,3)4/h6-9,12,18-19H,5,10-11H2,1-4H3. The van der Waals surface area contributed by atoms with E-state index in [0.717, 1.165) is 0 Å². The van der Waals surface area contributed by atoms with E-state index in [2.05, 4.69) is 4.98 Å². The van der Waals surface area contributed by atoms with Crippen LogP contribution in [0, 0.1) is 5.82 Å². The Kier molecular flexibility index (Phi) is 6.94. The Morgan fingerprint density at radius 3 is 2.53 bits per heavy atom. The summed E-state index contributed by atoms with van der Waals surface area (Å²) in [6.45, 7) is 6.68. The summed E-state index contributed by atoms with van der Waals surface area (Å²) in [5.41, 5.74) is 0.807. The number of benzene rings is 1. The Bertz CT molecular complexity index is 991. The number of rotatable bonds is 6. The van der Waals surface area contributed by atoms with E-state index >= 15 is 0 Å². The Balaban J connectivity index is 2.08. The van der Waals surface area contributed by atoms with Crippen LogP contribution < -0.4 is 4.74 Å². The van der Waals surface area contributed by atoms with Gasteiger partial charge in [-0.25, -0.2) is 14.2 Å². The normalized spacial score (nSPS) is 17.3. The van der Waals surface area contributed by atoms with E-state index in [9.17, 15) is 22.4 Å². The fourth-order valence-electron chi connectivity index (χ4n) is 3.55. The second kappa shape index (κ2) is 9.19. The van der Waals surface area contributed by atoms with Crippen molar-refractivity contribution in [2.75, 3.05) is 6.61 Å². The number of nitrogens with zero attached hydrogens (tertiary/aromatic N) is 1. The second-order valence-electron chi connectivity index (χ2n) is 8.43. The number of esters is 1. The van der Waals surface area contributed by atoms with Crippen LogP contribution in [0.2, 0.25) is 19.6 Å². The van der Waals surface area contributed by atoms with Crippen LogP contribution in [-0.2, 0) is 15.6 Å². The van der Waals surface area contributed by atoms with Gasteiger partial charge in [0.25, 0.3) is 0 Å². The molecule has 1 aliphatic heterocycles. The fraction of sp³-hybridized carbons (Fsp3) is 0.455. The number of hydrogen-bond acceptors (Lipinski definition) is 5. The van der Waals surface area contributed by atoms with Gasteiger partial charge in [-0.05, 0) is 57.1 Å². The van der Waals surface area contributed by atoms with Gasteiger partial charge in [0.1, 0.15) is 11.9 Å². The van der Waals surface area contributed by atoms with E-state index in [4.69, 9.17) is 13.9 Å². The van der Waals surface area contributed by atoms with E-state index in [1.807, 2.05) is 0 Å². The predicted molar refractivity (Wildman–Crippen MR) is 113 cm³/mol. The quantitative estimate of drug-likeness (QED) is 0.315. The van der Waals surface area contributed by atoms with Crippen molar-refractivity contribution in [1.29, 1.82) is 0 Å². The summed E-state index contributed by atoms with van der Waals surface area (Å²) >= 11 is 0. The number of halogens is 4. The highest BCUT2D eigenvalue weighted by atomic mass is 28.4. The number of aromatic nitrogens is 1. The first kappa shape index (κ1) is 24.2. The third-order valence-electron chi connectivity index (χ3n) is 4.82. The smallest absolute Gasteiger partial charge is 0.417 e. The van der Waals surface area contributed by atoms with Crippen molar-refractivity contribution in [3.8, 4) is 17.0 Å². The third kappa shape index (κ3) is 5.47. The van der Waals surface area contributed by atoms with Crippen LogP contribution in [0.1, 0.15) is 29.4 Å². The van der Waals surface area contributed by atoms with Gasteiger partial charge in [-0.15, -0.1) is 0 Å². The molecule has 0 saturated carbocycles. The molecule has 32 heavy (non-hydrogen) atoms. The Morgan fingerprint density at radius 1 is 1.25 bits per heavy atom. The summed E-state index contributed by atoms with van der Waals surface area (Å²) < 4.78 is 72.0. The van der Waals surface area contributed by atoms with Crippen molar-refractivity contribution >= 4 is 14.3 Å². The molecule has 0 spiro atoms. The van der Waals surface area contributed by atoms with Gasteiger partial charge in [-0.2, -0.15) is 13.2 Å². The van der Waals surface area contributed by atoms with E-state index in [0.29, 0.717) is 11.1 Å². The molecule has 2 heterocycles. The summed E-state index contributed by atoms with van der Waals surface area (Å²) in [5, 5.41) is 0. The van der Waals surface area contributed by atoms with Crippen LogP contribution in [0.5, 0.6) is 5.88 Å². The molecule has 174 valence electrons. The molecular formula is C22H25F4NO4Si. The molecule has 0 radical (unpaired) electrons. The van der Waals surface area contributed by atoms with Crippen LogP contribution in [0.4, 0.5) is 17.6 Å². The minimum absolute atomic E-state index is 0.00351. The van der Waals surface area contributed by atoms with Crippen molar-refractivity contribution in [1.82, 2.24) is 4.98 Å². The van der Waals surface area contributed by atoms with Crippen LogP contribution in [0.3, 0.4) is 0 Å². The lowest BCUT2D eigenvalue weighted by molar-refractivity contribution is -0.221. The Labute approximate surface area is 184 Å². The predicted octanol–water partition coefficient (Wildman–Crippen LogP) is 5.54. The first-order chi connectivity index (χ1) is 14.9. The number of hydrogen-bond donors (Lipinski definition) is 0. The van der Waals surface area contributed by atoms with Crippen LogP contribution in [-0.4, -0.2) is 44.3 Å². The number of pyridine rings is 1. The molecule has 1 aromatic heterocycles. The molecular weight excluding hydrogens is 446 g/mol. The van der Waals surface area contributed by atoms with Crippen LogP contribution >= 0.6 is 0 Å². The van der Waals surface area contributed by atoms with E-state index in [-0.39, 0.29) is 36.6 Å². The summed E-state index contributed by atoms with van der Waals surface area (Å²) in [4.78, 5) is 16.5. The number of carbonyl (C=O) groups is 1. The summed E-state index contributed by atoms with van der Waals surface area (Å²) in [7, 11) is -2.56. The van der Waals surface area contributed by atoms with Crippen LogP contribution in [0.15, 0.2) is 30.3 Å². The zero-order chi connectivity index (χ0) is 23.7. The van der Waals surface area contributed by atoms with Gasteiger partial charge in [0.2, 0.25) is 5.88 Å². The SMILES string of the molecule is CCOC(=O)c1cc(-c2ccccc2F)c2c(n1)OC(C(O[Si](C)(C)C)C(F)(F)F)CC2. The second-order valence-corrected chi connectivity index (χ2v) is 12.9. The number of carbonyl (C=O) groups excluding carboxylic acids is 1. The number of fused-ring (bicyclic) bond motifs is 1. The van der Waals surface area contributed by atoms with Crippen molar-refractivity contribution in [2.24, 2.45) is 0 Å². The highest BCUT2D eigenvalue weighted by Gasteiger charge is 2.50. The zero-order valence-corrected chi connectivity index (χ0v) is 19.3. The molecule has 5 nitrogen and oxygen atoms in total. The van der Waals surface area contributed by atoms with E-state index in [1.54, 1.807) is 32.6 Å². The van der Waals surface area contributed by atoms with Crippen molar-refractivity contribution in [3.05, 3.63) is 47.4 Å². The molecule has 2 unspecified atom stereocenters. The minimum atomic E-state index is -4.64. The monoisotopic (exact) mass is 471 g/mol. The maximum absolute atomic E-state index is 14.5. The first-order valence-corrected chi connectivity index (χ1v) is 13.7.